The van der Waals surface area contributed by atoms with Gasteiger partial charge in [-0.1, -0.05) is 0 Å². The molecule has 1 aliphatic heterocycles. The highest BCUT2D eigenvalue weighted by atomic mass is 16.5. The predicted molar refractivity (Wildman–Crippen MR) is 125 cm³/mol. The first-order valence-corrected chi connectivity index (χ1v) is 10.7. The van der Waals surface area contributed by atoms with Crippen LogP contribution in [0.25, 0.3) is 27.8 Å². The minimum Gasteiger partial charge on any atom is -0.497 e. The Morgan fingerprint density at radius 1 is 1.09 bits per heavy atom. The molecule has 0 fully saturated rings. The fourth-order valence-corrected chi connectivity index (χ4v) is 4.44. The highest BCUT2D eigenvalue weighted by Crippen LogP contribution is 2.24. The number of H-pyrrole nitrogens is 2. The summed E-state index contributed by atoms with van der Waals surface area (Å²) in [5.74, 6) is 0.680. The van der Waals surface area contributed by atoms with E-state index in [0.717, 1.165) is 33.6 Å². The van der Waals surface area contributed by atoms with Gasteiger partial charge in [-0.2, -0.15) is 0 Å². The maximum Gasteiger partial charge on any atom is 0.277 e. The van der Waals surface area contributed by atoms with Crippen LogP contribution in [0.5, 0.6) is 5.75 Å². The van der Waals surface area contributed by atoms with Crippen LogP contribution in [0.3, 0.4) is 0 Å². The number of hydrogen-bond acceptors (Lipinski definition) is 4. The summed E-state index contributed by atoms with van der Waals surface area (Å²) in [6.07, 6.45) is 2.40. The lowest BCUT2D eigenvalue weighted by atomic mass is 10.0. The van der Waals surface area contributed by atoms with Crippen LogP contribution in [0, 0.1) is 0 Å². The van der Waals surface area contributed by atoms with E-state index in [2.05, 4.69) is 10.1 Å². The Morgan fingerprint density at radius 3 is 2.76 bits per heavy atom. The van der Waals surface area contributed by atoms with Crippen LogP contribution in [0.4, 0.5) is 0 Å². The Balaban J connectivity index is 1.33. The van der Waals surface area contributed by atoms with Crippen molar-refractivity contribution in [1.29, 1.82) is 0 Å². The van der Waals surface area contributed by atoms with Crippen molar-refractivity contribution >= 4 is 22.5 Å². The largest absolute Gasteiger partial charge is 0.497 e. The first kappa shape index (κ1) is 19.4. The molecule has 5 aromatic rings. The second kappa shape index (κ2) is 7.37. The van der Waals surface area contributed by atoms with Crippen molar-refractivity contribution in [3.63, 3.8) is 0 Å². The van der Waals surface area contributed by atoms with Gasteiger partial charge < -0.3 is 14.6 Å². The Kier molecular flexibility index (Phi) is 4.33. The van der Waals surface area contributed by atoms with E-state index in [0.29, 0.717) is 29.7 Å². The number of methoxy groups -OCH3 is 1. The van der Waals surface area contributed by atoms with E-state index < -0.39 is 0 Å². The topological polar surface area (TPSA) is 95.5 Å². The Labute approximate surface area is 188 Å². The summed E-state index contributed by atoms with van der Waals surface area (Å²) in [5.41, 5.74) is 5.02. The summed E-state index contributed by atoms with van der Waals surface area (Å²) in [6, 6.07) is 17.0. The lowest BCUT2D eigenvalue weighted by Gasteiger charge is -2.27. The van der Waals surface area contributed by atoms with Gasteiger partial charge in [0, 0.05) is 41.7 Å². The number of aromatic nitrogens is 4. The summed E-state index contributed by atoms with van der Waals surface area (Å²) in [6.45, 7) is 0.764. The first-order chi connectivity index (χ1) is 16.1. The number of carbonyl (C=O) groups excluding carboxylic acids is 1. The Morgan fingerprint density at radius 2 is 1.94 bits per heavy atom. The monoisotopic (exact) mass is 439 g/mol. The van der Waals surface area contributed by atoms with Crippen molar-refractivity contribution in [3.8, 4) is 17.0 Å². The van der Waals surface area contributed by atoms with E-state index in [9.17, 15) is 9.59 Å². The highest BCUT2D eigenvalue weighted by molar-refractivity contribution is 5.98. The molecule has 3 aromatic heterocycles. The van der Waals surface area contributed by atoms with Crippen molar-refractivity contribution in [2.45, 2.75) is 13.0 Å². The SMILES string of the molecule is COc1ccc(-c2cc3nc4c(c(=O)n3[nH]2)CN(C(=O)c2ccc3[nH]ccc3c2)CC4)cc1. The number of ether oxygens (including phenoxy) is 1. The number of rotatable bonds is 3. The smallest absolute Gasteiger partial charge is 0.277 e. The van der Waals surface area contributed by atoms with Crippen LogP contribution >= 0.6 is 0 Å². The zero-order chi connectivity index (χ0) is 22.5. The molecule has 0 bridgehead atoms. The van der Waals surface area contributed by atoms with Crippen LogP contribution in [0.1, 0.15) is 21.6 Å². The Bertz CT molecular complexity index is 1580. The van der Waals surface area contributed by atoms with Crippen molar-refractivity contribution in [1.82, 2.24) is 24.5 Å². The van der Waals surface area contributed by atoms with Crippen LogP contribution in [0.2, 0.25) is 0 Å². The molecule has 8 nitrogen and oxygen atoms in total. The Hall–Kier alpha value is -4.33. The lowest BCUT2D eigenvalue weighted by Crippen LogP contribution is -2.40. The molecule has 1 amide bonds. The number of fused-ring (bicyclic) bond motifs is 3. The van der Waals surface area contributed by atoms with E-state index in [1.165, 1.54) is 4.52 Å². The van der Waals surface area contributed by atoms with Gasteiger partial charge in [0.25, 0.3) is 11.5 Å². The molecule has 2 aromatic carbocycles. The van der Waals surface area contributed by atoms with Gasteiger partial charge in [-0.25, -0.2) is 9.50 Å². The lowest BCUT2D eigenvalue weighted by molar-refractivity contribution is 0.0732. The third-order valence-corrected chi connectivity index (χ3v) is 6.25. The molecular formula is C25H21N5O3. The van der Waals surface area contributed by atoms with Gasteiger partial charge >= 0.3 is 0 Å². The quantitative estimate of drug-likeness (QED) is 0.451. The molecule has 0 unspecified atom stereocenters. The fraction of sp³-hybridized carbons (Fsp3) is 0.160. The van der Waals surface area contributed by atoms with Crippen molar-refractivity contribution in [2.75, 3.05) is 13.7 Å². The van der Waals surface area contributed by atoms with Gasteiger partial charge in [0.1, 0.15) is 5.75 Å². The summed E-state index contributed by atoms with van der Waals surface area (Å²) in [5, 5.41) is 4.14. The van der Waals surface area contributed by atoms with Gasteiger partial charge in [-0.05, 0) is 54.1 Å². The van der Waals surface area contributed by atoms with E-state index >= 15 is 0 Å². The molecule has 6 rings (SSSR count). The van der Waals surface area contributed by atoms with Crippen LogP contribution in [-0.4, -0.2) is 44.0 Å². The number of hydrogen-bond donors (Lipinski definition) is 2. The molecule has 33 heavy (non-hydrogen) atoms. The first-order valence-electron chi connectivity index (χ1n) is 10.7. The van der Waals surface area contributed by atoms with E-state index in [-0.39, 0.29) is 18.0 Å². The normalized spacial score (nSPS) is 13.4. The summed E-state index contributed by atoms with van der Waals surface area (Å²) in [7, 11) is 1.62. The number of nitrogens with one attached hydrogen (secondary N) is 2. The number of carbonyl (C=O) groups is 1. The average Bonchev–Trinajstić information content (AvgIpc) is 3.50. The minimum atomic E-state index is -0.173. The number of benzene rings is 2. The molecule has 0 saturated heterocycles. The van der Waals surface area contributed by atoms with E-state index in [1.807, 2.05) is 60.8 Å². The summed E-state index contributed by atoms with van der Waals surface area (Å²) >= 11 is 0. The molecule has 0 aliphatic carbocycles. The van der Waals surface area contributed by atoms with Gasteiger partial charge in [0.15, 0.2) is 5.65 Å². The van der Waals surface area contributed by atoms with Gasteiger partial charge in [0.05, 0.1) is 30.6 Å². The zero-order valence-corrected chi connectivity index (χ0v) is 18.0. The van der Waals surface area contributed by atoms with Gasteiger partial charge in [-0.15, -0.1) is 0 Å². The maximum atomic E-state index is 13.3. The molecule has 164 valence electrons. The molecule has 4 heterocycles. The fourth-order valence-electron chi connectivity index (χ4n) is 4.44. The predicted octanol–water partition coefficient (Wildman–Crippen LogP) is 3.38. The summed E-state index contributed by atoms with van der Waals surface area (Å²) < 4.78 is 6.67. The van der Waals surface area contributed by atoms with Gasteiger partial charge in [0.2, 0.25) is 0 Å². The third kappa shape index (κ3) is 3.18. The second-order valence-corrected chi connectivity index (χ2v) is 8.19. The standard InChI is InChI=1S/C25H21N5O3/c1-33-18-5-2-15(3-6-18)22-13-23-27-21-9-11-29(14-19(21)25(32)30(23)28-22)24(31)17-4-7-20-16(12-17)8-10-26-20/h2-8,10,12-13,26,28H,9,11,14H2,1H3. The van der Waals surface area contributed by atoms with E-state index in [1.54, 1.807) is 12.0 Å². The third-order valence-electron chi connectivity index (χ3n) is 6.25. The molecule has 8 heteroatoms. The molecule has 0 spiro atoms. The van der Waals surface area contributed by atoms with Crippen molar-refractivity contribution in [2.24, 2.45) is 0 Å². The van der Waals surface area contributed by atoms with Gasteiger partial charge in [-0.3, -0.25) is 14.7 Å². The zero-order valence-electron chi connectivity index (χ0n) is 18.0. The molecular weight excluding hydrogens is 418 g/mol. The van der Waals surface area contributed by atoms with Crippen LogP contribution < -0.4 is 10.3 Å². The molecule has 0 radical (unpaired) electrons. The summed E-state index contributed by atoms with van der Waals surface area (Å²) in [4.78, 5) is 36.0. The number of amides is 1. The second-order valence-electron chi connectivity index (χ2n) is 8.19. The maximum absolute atomic E-state index is 13.3. The molecule has 2 N–H and O–H groups in total. The molecule has 1 aliphatic rings. The number of aromatic amines is 2. The minimum absolute atomic E-state index is 0.0846. The van der Waals surface area contributed by atoms with Crippen molar-refractivity contribution in [3.05, 3.63) is 88.0 Å². The van der Waals surface area contributed by atoms with Crippen LogP contribution in [-0.2, 0) is 13.0 Å². The molecule has 0 atom stereocenters. The highest BCUT2D eigenvalue weighted by Gasteiger charge is 2.26. The number of nitrogens with zero attached hydrogens (tertiary/aromatic N) is 3. The van der Waals surface area contributed by atoms with Crippen molar-refractivity contribution < 1.29 is 9.53 Å². The van der Waals surface area contributed by atoms with E-state index in [4.69, 9.17) is 9.72 Å². The molecule has 0 saturated carbocycles. The average molecular weight is 439 g/mol. The van der Waals surface area contributed by atoms with Crippen LogP contribution in [0.15, 0.2) is 65.6 Å².